The van der Waals surface area contributed by atoms with Crippen molar-refractivity contribution in [3.8, 4) is 0 Å². The molecule has 0 aliphatic rings. The first-order valence-electron chi connectivity index (χ1n) is 26.9. The van der Waals surface area contributed by atoms with Crippen LogP contribution in [-0.2, 0) is 27.9 Å². The normalized spacial score (nSPS) is 14.6. The third-order valence-corrected chi connectivity index (χ3v) is 12.3. The van der Waals surface area contributed by atoms with Crippen molar-refractivity contribution in [1.29, 1.82) is 0 Å². The molecule has 0 radical (unpaired) electrons. The standard InChI is InChI=1S/C57H101N2O7P/c1-7-10-13-16-19-22-25-27-28-29-30-32-35-37-40-43-46-49-56(60)58-54(53-65-67(62,63)64-52-51-59(4,5)6)55(48-45-42-39-36-34-31-26-23-20-17-14-11-8-2)66-57(61)50-47-44-41-38-33-24-21-18-15-12-9-3/h10,13,18-19,21-22,27-28,30,32,37,40,45,48,54-55H,7-9,11-12,14-17,20,23-26,29,31,33-36,38-39,41-44,46-47,49-53H2,1-6H3,(H-,58,60,62,63)/b13-10-,21-18-,22-19-,28-27-,32-30-,40-37-,48-45+. The van der Waals surface area contributed by atoms with Crippen LogP contribution < -0.4 is 10.2 Å². The molecule has 67 heavy (non-hydrogen) atoms. The number of nitrogens with zero attached hydrogens (tertiary/aromatic N) is 1. The molecule has 0 bridgehead atoms. The highest BCUT2D eigenvalue weighted by atomic mass is 31.2. The number of hydrogen-bond acceptors (Lipinski definition) is 7. The number of allylic oxidation sites excluding steroid dienone is 13. The third-order valence-electron chi connectivity index (χ3n) is 11.3. The van der Waals surface area contributed by atoms with Gasteiger partial charge in [-0.15, -0.1) is 0 Å². The Hall–Kier alpha value is -2.81. The van der Waals surface area contributed by atoms with Gasteiger partial charge in [-0.05, 0) is 89.5 Å². The fraction of sp³-hybridized carbons (Fsp3) is 0.719. The summed E-state index contributed by atoms with van der Waals surface area (Å²) in [5, 5.41) is 2.97. The van der Waals surface area contributed by atoms with Crippen molar-refractivity contribution >= 4 is 19.7 Å². The number of likely N-dealkylation sites (N-methyl/N-ethyl adjacent to an activating group) is 1. The highest BCUT2D eigenvalue weighted by molar-refractivity contribution is 7.45. The lowest BCUT2D eigenvalue weighted by Crippen LogP contribution is -2.47. The highest BCUT2D eigenvalue weighted by Gasteiger charge is 2.27. The van der Waals surface area contributed by atoms with Crippen molar-refractivity contribution in [2.45, 2.75) is 226 Å². The summed E-state index contributed by atoms with van der Waals surface area (Å²) in [6.07, 6.45) is 59.9. The van der Waals surface area contributed by atoms with Crippen molar-refractivity contribution in [3.05, 3.63) is 85.1 Å². The summed E-state index contributed by atoms with van der Waals surface area (Å²) >= 11 is 0. The van der Waals surface area contributed by atoms with E-state index in [1.54, 1.807) is 6.08 Å². The van der Waals surface area contributed by atoms with Crippen LogP contribution in [0.3, 0.4) is 0 Å². The van der Waals surface area contributed by atoms with Gasteiger partial charge >= 0.3 is 5.97 Å². The van der Waals surface area contributed by atoms with Crippen LogP contribution in [-0.4, -0.2) is 69.4 Å². The lowest BCUT2D eigenvalue weighted by atomic mass is 10.0. The minimum atomic E-state index is -4.71. The van der Waals surface area contributed by atoms with Crippen LogP contribution in [0.1, 0.15) is 213 Å². The number of quaternary nitrogens is 1. The van der Waals surface area contributed by atoms with Gasteiger partial charge in [0.1, 0.15) is 19.3 Å². The Kier molecular flexibility index (Phi) is 44.9. The van der Waals surface area contributed by atoms with Crippen LogP contribution in [0.4, 0.5) is 0 Å². The van der Waals surface area contributed by atoms with Gasteiger partial charge in [-0.2, -0.15) is 0 Å². The van der Waals surface area contributed by atoms with Crippen LogP contribution in [0.5, 0.6) is 0 Å². The zero-order valence-corrected chi connectivity index (χ0v) is 44.7. The van der Waals surface area contributed by atoms with Crippen LogP contribution >= 0.6 is 7.82 Å². The first-order valence-corrected chi connectivity index (χ1v) is 28.4. The Balaban J connectivity index is 5.52. The quantitative estimate of drug-likeness (QED) is 0.0212. The van der Waals surface area contributed by atoms with Gasteiger partial charge in [0.2, 0.25) is 5.91 Å². The lowest BCUT2D eigenvalue weighted by Gasteiger charge is -2.30. The smallest absolute Gasteiger partial charge is 0.306 e. The second-order valence-corrected chi connectivity index (χ2v) is 20.4. The molecule has 0 aromatic heterocycles. The monoisotopic (exact) mass is 957 g/mol. The van der Waals surface area contributed by atoms with Gasteiger partial charge in [0.25, 0.3) is 7.82 Å². The predicted molar refractivity (Wildman–Crippen MR) is 284 cm³/mol. The molecule has 0 rings (SSSR count). The first-order chi connectivity index (χ1) is 32.4. The molecule has 0 aromatic rings. The van der Waals surface area contributed by atoms with Crippen LogP contribution in [0, 0.1) is 0 Å². The molecule has 386 valence electrons. The molecule has 0 aliphatic heterocycles. The average molecular weight is 957 g/mol. The second kappa shape index (κ2) is 46.9. The van der Waals surface area contributed by atoms with E-state index in [1.165, 1.54) is 70.6 Å². The largest absolute Gasteiger partial charge is 0.756 e. The maximum absolute atomic E-state index is 13.4. The second-order valence-electron chi connectivity index (χ2n) is 19.0. The maximum Gasteiger partial charge on any atom is 0.306 e. The molecule has 1 N–H and O–H groups in total. The lowest BCUT2D eigenvalue weighted by molar-refractivity contribution is -0.870. The number of esters is 1. The molecule has 0 aromatic carbocycles. The van der Waals surface area contributed by atoms with Crippen LogP contribution in [0.2, 0.25) is 0 Å². The average Bonchev–Trinajstić information content (AvgIpc) is 3.28. The van der Waals surface area contributed by atoms with Crippen LogP contribution in [0.25, 0.3) is 0 Å². The number of amides is 1. The van der Waals surface area contributed by atoms with Crippen molar-refractivity contribution in [2.75, 3.05) is 40.9 Å². The van der Waals surface area contributed by atoms with E-state index in [0.29, 0.717) is 23.9 Å². The molecular weight excluding hydrogens is 856 g/mol. The van der Waals surface area contributed by atoms with E-state index in [0.717, 1.165) is 96.3 Å². The fourth-order valence-corrected chi connectivity index (χ4v) is 7.85. The summed E-state index contributed by atoms with van der Waals surface area (Å²) < 4.78 is 30.1. The zero-order valence-electron chi connectivity index (χ0n) is 43.8. The van der Waals surface area contributed by atoms with Crippen molar-refractivity contribution in [3.63, 3.8) is 0 Å². The Labute approximate surface area is 412 Å². The minimum Gasteiger partial charge on any atom is -0.756 e. The molecule has 0 heterocycles. The van der Waals surface area contributed by atoms with E-state index < -0.39 is 26.6 Å². The zero-order chi connectivity index (χ0) is 49.4. The highest BCUT2D eigenvalue weighted by Crippen LogP contribution is 2.38. The van der Waals surface area contributed by atoms with E-state index in [9.17, 15) is 19.0 Å². The van der Waals surface area contributed by atoms with Gasteiger partial charge in [-0.1, -0.05) is 196 Å². The number of carbonyl (C=O) groups excluding carboxylic acids is 2. The van der Waals surface area contributed by atoms with Gasteiger partial charge in [-0.3, -0.25) is 14.2 Å². The van der Waals surface area contributed by atoms with Crippen molar-refractivity contribution in [1.82, 2.24) is 5.32 Å². The van der Waals surface area contributed by atoms with Crippen molar-refractivity contribution < 1.29 is 37.3 Å². The number of carbonyl (C=O) groups is 2. The molecule has 9 nitrogen and oxygen atoms in total. The predicted octanol–water partition coefficient (Wildman–Crippen LogP) is 15.2. The van der Waals surface area contributed by atoms with Gasteiger partial charge in [0.15, 0.2) is 0 Å². The van der Waals surface area contributed by atoms with E-state index in [-0.39, 0.29) is 31.3 Å². The molecule has 3 atom stereocenters. The minimum absolute atomic E-state index is 0.0377. The van der Waals surface area contributed by atoms with Gasteiger partial charge < -0.3 is 28.5 Å². The van der Waals surface area contributed by atoms with Crippen LogP contribution in [0.15, 0.2) is 85.1 Å². The Morgan fingerprint density at radius 3 is 1.52 bits per heavy atom. The molecule has 0 spiro atoms. The number of nitrogens with one attached hydrogen (secondary N) is 1. The summed E-state index contributed by atoms with van der Waals surface area (Å²) in [6, 6.07) is -0.923. The molecule has 0 saturated heterocycles. The summed E-state index contributed by atoms with van der Waals surface area (Å²) in [5.74, 6) is -0.627. The number of phosphoric ester groups is 1. The van der Waals surface area contributed by atoms with Gasteiger partial charge in [0, 0.05) is 12.8 Å². The molecule has 3 unspecified atom stereocenters. The SMILES string of the molecule is CC/C=C\C/C=C\C/C=C\C/C=C\C/C=C\CCCC(=O)NC(COP(=O)([O-])OCC[N+](C)(C)C)C(/C=C/CCCCCCCCCCCCC)OC(=O)CCCCCCC/C=C\CCCC. The molecule has 10 heteroatoms. The molecular formula is C57H101N2O7P. The molecule has 0 aliphatic carbocycles. The molecule has 0 saturated carbocycles. The number of rotatable bonds is 47. The Morgan fingerprint density at radius 1 is 0.537 bits per heavy atom. The van der Waals surface area contributed by atoms with Crippen molar-refractivity contribution in [2.24, 2.45) is 0 Å². The Bertz CT molecular complexity index is 1430. The summed E-state index contributed by atoms with van der Waals surface area (Å²) in [6.45, 7) is 6.61. The topological polar surface area (TPSA) is 114 Å². The van der Waals surface area contributed by atoms with E-state index in [1.807, 2.05) is 27.2 Å². The number of hydrogen-bond donors (Lipinski definition) is 1. The fourth-order valence-electron chi connectivity index (χ4n) is 7.12. The number of phosphoric acid groups is 1. The Morgan fingerprint density at radius 2 is 0.985 bits per heavy atom. The molecule has 1 amide bonds. The first kappa shape index (κ1) is 64.2. The van der Waals surface area contributed by atoms with E-state index in [4.69, 9.17) is 13.8 Å². The maximum atomic E-state index is 13.4. The summed E-state index contributed by atoms with van der Waals surface area (Å²) in [5.41, 5.74) is 0. The third kappa shape index (κ3) is 48.0. The van der Waals surface area contributed by atoms with Gasteiger partial charge in [-0.25, -0.2) is 0 Å². The van der Waals surface area contributed by atoms with Gasteiger partial charge in [0.05, 0.1) is 33.8 Å². The number of ether oxygens (including phenoxy) is 1. The number of unbranched alkanes of at least 4 members (excludes halogenated alkanes) is 19. The summed E-state index contributed by atoms with van der Waals surface area (Å²) in [7, 11) is 1.13. The molecule has 0 fully saturated rings. The summed E-state index contributed by atoms with van der Waals surface area (Å²) in [4.78, 5) is 39.7. The van der Waals surface area contributed by atoms with E-state index >= 15 is 0 Å². The van der Waals surface area contributed by atoms with E-state index in [2.05, 4.69) is 99.0 Å².